The summed E-state index contributed by atoms with van der Waals surface area (Å²) in [4.78, 5) is 2.42. The number of hydrogen-bond acceptors (Lipinski definition) is 2. The number of hydrogen-bond donors (Lipinski definition) is 1. The molecule has 0 radical (unpaired) electrons. The van der Waals surface area contributed by atoms with E-state index in [-0.39, 0.29) is 0 Å². The van der Waals surface area contributed by atoms with Gasteiger partial charge >= 0.3 is 0 Å². The summed E-state index contributed by atoms with van der Waals surface area (Å²) < 4.78 is 0. The van der Waals surface area contributed by atoms with Crippen molar-refractivity contribution in [3.8, 4) is 66.8 Å². The smallest absolute Gasteiger partial charge is 0.0546 e. The van der Waals surface area contributed by atoms with E-state index in [1.165, 1.54) is 153 Å². The van der Waals surface area contributed by atoms with Gasteiger partial charge in [0.05, 0.1) is 5.69 Å². The molecule has 2 nitrogen and oxygen atoms in total. The molecule has 0 atom stereocenters. The first-order chi connectivity index (χ1) is 53.0. The highest BCUT2D eigenvalue weighted by atomic mass is 35.5. The first-order valence-corrected chi connectivity index (χ1v) is 36.9. The normalized spacial score (nSPS) is 11.2. The first-order valence-electron chi connectivity index (χ1n) is 36.6. The molecule has 0 aromatic heterocycles. The van der Waals surface area contributed by atoms with Crippen molar-refractivity contribution in [3.05, 3.63) is 430 Å². The van der Waals surface area contributed by atoms with E-state index in [9.17, 15) is 0 Å². The number of nitrogens with zero attached hydrogens (tertiary/aromatic N) is 1. The Bertz CT molecular complexity index is 6600. The summed E-state index contributed by atoms with van der Waals surface area (Å²) in [6.07, 6.45) is 0. The van der Waals surface area contributed by atoms with Crippen molar-refractivity contribution in [2.24, 2.45) is 0 Å². The predicted molar refractivity (Wildman–Crippen MR) is 461 cm³/mol. The van der Waals surface area contributed by atoms with E-state index in [1.54, 1.807) is 0 Å². The van der Waals surface area contributed by atoms with Gasteiger partial charge in [-0.25, -0.2) is 0 Å². The molecule has 0 fully saturated rings. The van der Waals surface area contributed by atoms with Gasteiger partial charge in [-0.3, -0.25) is 0 Å². The zero-order chi connectivity index (χ0) is 71.4. The van der Waals surface area contributed by atoms with E-state index >= 15 is 0 Å². The van der Waals surface area contributed by atoms with E-state index < -0.39 is 0 Å². The van der Waals surface area contributed by atoms with E-state index in [4.69, 9.17) is 11.6 Å². The van der Waals surface area contributed by atoms with Crippen LogP contribution in [-0.2, 0) is 0 Å². The van der Waals surface area contributed by atoms with Crippen molar-refractivity contribution < 1.29 is 0 Å². The molecule has 504 valence electrons. The third-order valence-electron chi connectivity index (χ3n) is 20.8. The Balaban J connectivity index is 0.000000126. The second-order valence-corrected chi connectivity index (χ2v) is 27.6. The molecule has 0 spiro atoms. The number of rotatable bonds is 11. The molecule has 1 N–H and O–H groups in total. The summed E-state index contributed by atoms with van der Waals surface area (Å²) in [6.45, 7) is 0. The summed E-state index contributed by atoms with van der Waals surface area (Å²) in [7, 11) is 0. The van der Waals surface area contributed by atoms with E-state index in [2.05, 4.69) is 417 Å². The summed E-state index contributed by atoms with van der Waals surface area (Å²) in [5, 5.41) is 24.5. The van der Waals surface area contributed by atoms with Gasteiger partial charge in [0.1, 0.15) is 0 Å². The van der Waals surface area contributed by atoms with Crippen LogP contribution in [0.2, 0.25) is 5.02 Å². The zero-order valence-electron chi connectivity index (χ0n) is 58.7. The van der Waals surface area contributed by atoms with Gasteiger partial charge in [-0.05, 0) is 203 Å². The zero-order valence-corrected chi connectivity index (χ0v) is 59.5. The van der Waals surface area contributed by atoms with Gasteiger partial charge in [0, 0.05) is 38.5 Å². The van der Waals surface area contributed by atoms with Crippen LogP contribution in [0.5, 0.6) is 0 Å². The summed E-state index contributed by atoms with van der Waals surface area (Å²) in [5.41, 5.74) is 20.3. The van der Waals surface area contributed by atoms with Crippen molar-refractivity contribution in [2.45, 2.75) is 0 Å². The molecule has 20 aromatic carbocycles. The van der Waals surface area contributed by atoms with Crippen LogP contribution in [0.25, 0.3) is 153 Å². The van der Waals surface area contributed by atoms with Crippen LogP contribution in [0.4, 0.5) is 28.4 Å². The molecule has 0 aliphatic rings. The molecule has 0 bridgehead atoms. The van der Waals surface area contributed by atoms with Crippen LogP contribution < -0.4 is 10.2 Å². The molecule has 20 rings (SSSR count). The topological polar surface area (TPSA) is 15.3 Å². The van der Waals surface area contributed by atoms with E-state index in [0.717, 1.165) is 33.5 Å². The van der Waals surface area contributed by atoms with Crippen molar-refractivity contribution in [1.82, 2.24) is 0 Å². The van der Waals surface area contributed by atoms with E-state index in [0.29, 0.717) is 0 Å². The third kappa shape index (κ3) is 12.8. The molecule has 0 aliphatic carbocycles. The van der Waals surface area contributed by atoms with Gasteiger partial charge in [0.25, 0.3) is 0 Å². The molecule has 0 heterocycles. The van der Waals surface area contributed by atoms with Crippen LogP contribution in [0.15, 0.2) is 425 Å². The molecule has 0 aliphatic heterocycles. The standard InChI is InChI=1S/C52H35N.C26H17Cl.C26H19N/c1-3-15-36(16-4-1)37-27-31-41(32-28-37)53(50-35-40-19-7-8-20-43(40)44-21-9-12-24-47(44)50)42-33-29-39(30-34-42)52-49-26-14-11-23-46(49)45-22-10-13-25-48(45)51(52)38-17-5-2-6-18-38;27-20-16-14-19(15-17-20)26-24-13-7-5-11-22(24)21-10-4-6-12-23(21)25(26)18-8-2-1-3-9-18;1-2-8-19(9-3-1)20-14-16-22(17-15-20)27-26-18-21-10-4-5-11-23(21)24-12-6-7-13-25(24)26/h1-35H;1-17H;1-18,27H. The molecular formula is C104H71ClN2. The number of nitrogens with one attached hydrogen (secondary N) is 1. The first kappa shape index (κ1) is 65.4. The van der Waals surface area contributed by atoms with Crippen molar-refractivity contribution in [1.29, 1.82) is 0 Å². The fourth-order valence-electron chi connectivity index (χ4n) is 15.9. The molecule has 0 unspecified atom stereocenters. The number of fused-ring (bicyclic) bond motifs is 12. The van der Waals surface area contributed by atoms with Gasteiger partial charge < -0.3 is 10.2 Å². The highest BCUT2D eigenvalue weighted by molar-refractivity contribution is 6.31. The Labute approximate surface area is 628 Å². The number of anilines is 5. The van der Waals surface area contributed by atoms with Gasteiger partial charge in [-0.2, -0.15) is 0 Å². The Kier molecular flexibility index (Phi) is 17.9. The lowest BCUT2D eigenvalue weighted by Gasteiger charge is -2.28. The SMILES string of the molecule is Clc1ccc(-c2c(-c3ccccc3)c3ccccc3c3ccccc23)cc1.c1ccc(-c2ccc(N(c3ccc(-c4c(-c5ccccc5)c5ccccc5c5ccccc45)cc3)c3cc4ccccc4c4ccccc34)cc2)cc1.c1ccc(-c2ccc(Nc3cc4ccccc4c4ccccc34)cc2)cc1. The maximum Gasteiger partial charge on any atom is 0.0546 e. The lowest BCUT2D eigenvalue weighted by molar-refractivity contribution is 1.30. The molecule has 0 saturated carbocycles. The number of benzene rings is 20. The molecule has 0 saturated heterocycles. The maximum atomic E-state index is 6.17. The monoisotopic (exact) mass is 1380 g/mol. The Hall–Kier alpha value is -13.6. The van der Waals surface area contributed by atoms with Gasteiger partial charge in [0.2, 0.25) is 0 Å². The predicted octanol–water partition coefficient (Wildman–Crippen LogP) is 30.2. The van der Waals surface area contributed by atoms with Crippen molar-refractivity contribution >= 4 is 126 Å². The van der Waals surface area contributed by atoms with Crippen LogP contribution in [0, 0.1) is 0 Å². The highest BCUT2D eigenvalue weighted by Gasteiger charge is 2.22. The molecule has 0 amide bonds. The van der Waals surface area contributed by atoms with Crippen LogP contribution >= 0.6 is 11.6 Å². The summed E-state index contributed by atoms with van der Waals surface area (Å²) >= 11 is 6.17. The molecule has 107 heavy (non-hydrogen) atoms. The summed E-state index contributed by atoms with van der Waals surface area (Å²) in [5.74, 6) is 0. The van der Waals surface area contributed by atoms with Gasteiger partial charge in [0.15, 0.2) is 0 Å². The summed E-state index contributed by atoms with van der Waals surface area (Å²) in [6, 6.07) is 152. The van der Waals surface area contributed by atoms with Crippen LogP contribution in [-0.4, -0.2) is 0 Å². The lowest BCUT2D eigenvalue weighted by atomic mass is 9.85. The molecule has 20 aromatic rings. The third-order valence-corrected chi connectivity index (χ3v) is 21.0. The average molecular weight is 1380 g/mol. The fourth-order valence-corrected chi connectivity index (χ4v) is 16.0. The van der Waals surface area contributed by atoms with Crippen LogP contribution in [0.3, 0.4) is 0 Å². The van der Waals surface area contributed by atoms with Crippen molar-refractivity contribution in [2.75, 3.05) is 10.2 Å². The fraction of sp³-hybridized carbons (Fsp3) is 0. The second-order valence-electron chi connectivity index (χ2n) is 27.1. The van der Waals surface area contributed by atoms with Crippen LogP contribution in [0.1, 0.15) is 0 Å². The minimum atomic E-state index is 0.755. The Morgan fingerprint density at radius 3 is 0.832 bits per heavy atom. The largest absolute Gasteiger partial charge is 0.355 e. The maximum absolute atomic E-state index is 6.17. The Morgan fingerprint density at radius 1 is 0.187 bits per heavy atom. The van der Waals surface area contributed by atoms with Crippen molar-refractivity contribution in [3.63, 3.8) is 0 Å². The quantitative estimate of drug-likeness (QED) is 0.130. The Morgan fingerprint density at radius 2 is 0.439 bits per heavy atom. The minimum Gasteiger partial charge on any atom is -0.355 e. The molecular weight excluding hydrogens is 1310 g/mol. The average Bonchev–Trinajstić information content (AvgIpc) is 0.745. The minimum absolute atomic E-state index is 0.755. The highest BCUT2D eigenvalue weighted by Crippen LogP contribution is 2.49. The van der Waals surface area contributed by atoms with Gasteiger partial charge in [-0.1, -0.05) is 376 Å². The second kappa shape index (κ2) is 29.3. The van der Waals surface area contributed by atoms with E-state index in [1.807, 2.05) is 18.2 Å². The lowest BCUT2D eigenvalue weighted by Crippen LogP contribution is -2.10. The van der Waals surface area contributed by atoms with Gasteiger partial charge in [-0.15, -0.1) is 0 Å². The number of halogens is 1. The molecule has 3 heteroatoms.